The van der Waals surface area contributed by atoms with Crippen molar-refractivity contribution in [3.63, 3.8) is 0 Å². The molecule has 0 radical (unpaired) electrons. The summed E-state index contributed by atoms with van der Waals surface area (Å²) in [6.07, 6.45) is 0.873. The van der Waals surface area contributed by atoms with Crippen LogP contribution in [-0.4, -0.2) is 35.0 Å². The van der Waals surface area contributed by atoms with Gasteiger partial charge < -0.3 is 10.0 Å². The molecule has 0 spiro atoms. The molecule has 0 bridgehead atoms. The van der Waals surface area contributed by atoms with Crippen molar-refractivity contribution in [2.45, 2.75) is 26.7 Å². The van der Waals surface area contributed by atoms with Gasteiger partial charge in [0.1, 0.15) is 0 Å². The van der Waals surface area contributed by atoms with E-state index in [1.165, 1.54) is 0 Å². The average molecular weight is 261 g/mol. The van der Waals surface area contributed by atoms with E-state index >= 15 is 0 Å². The minimum atomic E-state index is -0.821. The summed E-state index contributed by atoms with van der Waals surface area (Å²) in [5, 5.41) is 9.15. The van der Waals surface area contributed by atoms with E-state index in [-0.39, 0.29) is 5.91 Å². The van der Waals surface area contributed by atoms with E-state index in [1.807, 2.05) is 31.2 Å². The summed E-state index contributed by atoms with van der Waals surface area (Å²) in [7, 11) is 0. The second kappa shape index (κ2) is 5.03. The molecule has 0 aromatic heterocycles. The predicted molar refractivity (Wildman–Crippen MR) is 71.8 cm³/mol. The van der Waals surface area contributed by atoms with Gasteiger partial charge in [0.05, 0.1) is 11.8 Å². The Bertz CT molecular complexity index is 495. The lowest BCUT2D eigenvalue weighted by Crippen LogP contribution is -2.35. The van der Waals surface area contributed by atoms with E-state index in [0.717, 1.165) is 11.1 Å². The molecule has 1 unspecified atom stereocenters. The standard InChI is InChI=1S/C15H19NO3/c1-11-3-5-12(6-4-11)9-13(17)16-8-7-15(2,10-16)14(18)19/h3-6H,7-10H2,1-2H3,(H,18,19). The van der Waals surface area contributed by atoms with Crippen molar-refractivity contribution in [2.75, 3.05) is 13.1 Å². The van der Waals surface area contributed by atoms with Crippen LogP contribution in [0.5, 0.6) is 0 Å². The molecule has 1 fully saturated rings. The third-order valence-corrected chi connectivity index (χ3v) is 3.82. The first-order valence-corrected chi connectivity index (χ1v) is 6.47. The number of amides is 1. The van der Waals surface area contributed by atoms with Crippen molar-refractivity contribution in [2.24, 2.45) is 5.41 Å². The summed E-state index contributed by atoms with van der Waals surface area (Å²) < 4.78 is 0. The van der Waals surface area contributed by atoms with E-state index in [4.69, 9.17) is 5.11 Å². The Labute approximate surface area is 113 Å². The first-order chi connectivity index (χ1) is 8.90. The number of rotatable bonds is 3. The lowest BCUT2D eigenvalue weighted by molar-refractivity contribution is -0.147. The van der Waals surface area contributed by atoms with Gasteiger partial charge >= 0.3 is 5.97 Å². The fourth-order valence-electron chi connectivity index (χ4n) is 2.34. The lowest BCUT2D eigenvalue weighted by atomic mass is 9.90. The van der Waals surface area contributed by atoms with Gasteiger partial charge in [-0.05, 0) is 25.8 Å². The van der Waals surface area contributed by atoms with Crippen LogP contribution >= 0.6 is 0 Å². The number of carbonyl (C=O) groups excluding carboxylic acids is 1. The van der Waals surface area contributed by atoms with E-state index in [1.54, 1.807) is 11.8 Å². The van der Waals surface area contributed by atoms with Crippen molar-refractivity contribution < 1.29 is 14.7 Å². The number of carbonyl (C=O) groups is 2. The van der Waals surface area contributed by atoms with E-state index in [2.05, 4.69) is 0 Å². The van der Waals surface area contributed by atoms with Gasteiger partial charge in [-0.3, -0.25) is 9.59 Å². The highest BCUT2D eigenvalue weighted by Gasteiger charge is 2.41. The highest BCUT2D eigenvalue weighted by atomic mass is 16.4. The molecule has 0 aliphatic carbocycles. The van der Waals surface area contributed by atoms with Crippen LogP contribution in [0.3, 0.4) is 0 Å². The second-order valence-electron chi connectivity index (χ2n) is 5.59. The molecule has 1 aromatic carbocycles. The number of hydrogen-bond acceptors (Lipinski definition) is 2. The van der Waals surface area contributed by atoms with Crippen LogP contribution in [0.25, 0.3) is 0 Å². The zero-order chi connectivity index (χ0) is 14.0. The van der Waals surface area contributed by atoms with Crippen molar-refractivity contribution >= 4 is 11.9 Å². The lowest BCUT2D eigenvalue weighted by Gasteiger charge is -2.20. The van der Waals surface area contributed by atoms with Gasteiger partial charge in [-0.25, -0.2) is 0 Å². The zero-order valence-corrected chi connectivity index (χ0v) is 11.3. The number of aliphatic carboxylic acids is 1. The van der Waals surface area contributed by atoms with Crippen LogP contribution in [-0.2, 0) is 16.0 Å². The van der Waals surface area contributed by atoms with E-state index < -0.39 is 11.4 Å². The Morgan fingerprint density at radius 1 is 1.32 bits per heavy atom. The van der Waals surface area contributed by atoms with Crippen LogP contribution in [0.15, 0.2) is 24.3 Å². The molecule has 1 aliphatic rings. The van der Waals surface area contributed by atoms with Gasteiger partial charge in [-0.1, -0.05) is 29.8 Å². The maximum absolute atomic E-state index is 12.1. The summed E-state index contributed by atoms with van der Waals surface area (Å²) in [4.78, 5) is 25.0. The fourth-order valence-corrected chi connectivity index (χ4v) is 2.34. The number of carboxylic acids is 1. The topological polar surface area (TPSA) is 57.6 Å². The van der Waals surface area contributed by atoms with Crippen molar-refractivity contribution in [1.82, 2.24) is 4.90 Å². The van der Waals surface area contributed by atoms with Gasteiger partial charge in [-0.15, -0.1) is 0 Å². The van der Waals surface area contributed by atoms with E-state index in [0.29, 0.717) is 25.9 Å². The molecule has 102 valence electrons. The molecule has 19 heavy (non-hydrogen) atoms. The van der Waals surface area contributed by atoms with Crippen LogP contribution in [0, 0.1) is 12.3 Å². The van der Waals surface area contributed by atoms with Gasteiger partial charge in [0.25, 0.3) is 0 Å². The number of aryl methyl sites for hydroxylation is 1. The Morgan fingerprint density at radius 2 is 1.95 bits per heavy atom. The Hall–Kier alpha value is -1.84. The maximum Gasteiger partial charge on any atom is 0.311 e. The van der Waals surface area contributed by atoms with Crippen molar-refractivity contribution in [3.8, 4) is 0 Å². The molecule has 1 amide bonds. The van der Waals surface area contributed by atoms with Gasteiger partial charge in [0.2, 0.25) is 5.91 Å². The van der Waals surface area contributed by atoms with Gasteiger partial charge in [0.15, 0.2) is 0 Å². The second-order valence-corrected chi connectivity index (χ2v) is 5.59. The predicted octanol–water partition coefficient (Wildman–Crippen LogP) is 1.86. The van der Waals surface area contributed by atoms with Crippen LogP contribution in [0.4, 0.5) is 0 Å². The summed E-state index contributed by atoms with van der Waals surface area (Å²) in [6.45, 7) is 4.55. The molecule has 2 rings (SSSR count). The molecule has 0 saturated carbocycles. The summed E-state index contributed by atoms with van der Waals surface area (Å²) in [5.41, 5.74) is 1.35. The quantitative estimate of drug-likeness (QED) is 0.903. The Morgan fingerprint density at radius 3 is 2.47 bits per heavy atom. The van der Waals surface area contributed by atoms with E-state index in [9.17, 15) is 9.59 Å². The summed E-state index contributed by atoms with van der Waals surface area (Å²) >= 11 is 0. The number of likely N-dealkylation sites (tertiary alicyclic amines) is 1. The van der Waals surface area contributed by atoms with Crippen LogP contribution in [0.2, 0.25) is 0 Å². The summed E-state index contributed by atoms with van der Waals surface area (Å²) in [5.74, 6) is -0.813. The number of benzene rings is 1. The van der Waals surface area contributed by atoms with Crippen LogP contribution < -0.4 is 0 Å². The normalized spacial score (nSPS) is 22.5. The number of nitrogens with zero attached hydrogens (tertiary/aromatic N) is 1. The highest BCUT2D eigenvalue weighted by Crippen LogP contribution is 2.30. The van der Waals surface area contributed by atoms with Crippen molar-refractivity contribution in [3.05, 3.63) is 35.4 Å². The minimum absolute atomic E-state index is 0.00817. The Balaban J connectivity index is 1.98. The average Bonchev–Trinajstić information content (AvgIpc) is 2.76. The smallest absolute Gasteiger partial charge is 0.311 e. The molecule has 4 heteroatoms. The molecule has 4 nitrogen and oxygen atoms in total. The molecular formula is C15H19NO3. The largest absolute Gasteiger partial charge is 0.481 e. The Kier molecular flexibility index (Phi) is 3.60. The fraction of sp³-hybridized carbons (Fsp3) is 0.467. The first-order valence-electron chi connectivity index (χ1n) is 6.47. The monoisotopic (exact) mass is 261 g/mol. The SMILES string of the molecule is Cc1ccc(CC(=O)N2CCC(C)(C(=O)O)C2)cc1. The number of carboxylic acid groups (broad SMARTS) is 1. The molecule has 1 aliphatic heterocycles. The molecule has 1 heterocycles. The van der Waals surface area contributed by atoms with Crippen molar-refractivity contribution in [1.29, 1.82) is 0 Å². The third kappa shape index (κ3) is 2.95. The number of hydrogen-bond donors (Lipinski definition) is 1. The van der Waals surface area contributed by atoms with Gasteiger partial charge in [-0.2, -0.15) is 0 Å². The molecule has 1 atom stereocenters. The molecule has 1 aromatic rings. The zero-order valence-electron chi connectivity index (χ0n) is 11.3. The molecule has 1 saturated heterocycles. The van der Waals surface area contributed by atoms with Crippen LogP contribution in [0.1, 0.15) is 24.5 Å². The molecule has 1 N–H and O–H groups in total. The first kappa shape index (κ1) is 13.6. The minimum Gasteiger partial charge on any atom is -0.481 e. The molecular weight excluding hydrogens is 242 g/mol. The van der Waals surface area contributed by atoms with Gasteiger partial charge in [0, 0.05) is 13.1 Å². The highest BCUT2D eigenvalue weighted by molar-refractivity contribution is 5.82. The maximum atomic E-state index is 12.1. The summed E-state index contributed by atoms with van der Waals surface area (Å²) in [6, 6.07) is 7.85. The third-order valence-electron chi connectivity index (χ3n) is 3.82.